The molecule has 1 unspecified atom stereocenters. The Kier molecular flexibility index (Phi) is 6.65. The van der Waals surface area contributed by atoms with Gasteiger partial charge >= 0.3 is 6.09 Å². The number of halogens is 1. The van der Waals surface area contributed by atoms with Gasteiger partial charge in [0.15, 0.2) is 9.84 Å². The molecule has 0 aromatic heterocycles. The predicted octanol–water partition coefficient (Wildman–Crippen LogP) is 4.62. The molecule has 0 aliphatic carbocycles. The molecule has 0 heterocycles. The lowest BCUT2D eigenvalue weighted by molar-refractivity contribution is 0.118. The van der Waals surface area contributed by atoms with Crippen LogP contribution in [0.2, 0.25) is 0 Å². The standard InChI is InChI=1S/C16H24BrNO4S/c1-6-11(2)22-15(19)18-12-7-8-13(17)14(9-12)23(20,21)10-16(3,4)5/h7-9,11H,6,10H2,1-5H3,(H,18,19). The van der Waals surface area contributed by atoms with Crippen LogP contribution in [0.15, 0.2) is 27.6 Å². The third kappa shape index (κ3) is 6.51. The molecule has 0 fully saturated rings. The van der Waals surface area contributed by atoms with Crippen LogP contribution in [-0.2, 0) is 14.6 Å². The molecule has 0 aliphatic heterocycles. The highest BCUT2D eigenvalue weighted by atomic mass is 79.9. The van der Waals surface area contributed by atoms with E-state index in [1.165, 1.54) is 6.07 Å². The van der Waals surface area contributed by atoms with Gasteiger partial charge in [-0.2, -0.15) is 0 Å². The van der Waals surface area contributed by atoms with Gasteiger partial charge in [0.2, 0.25) is 0 Å². The first kappa shape index (κ1) is 20.0. The molecule has 1 N–H and O–H groups in total. The molecule has 1 amide bonds. The number of ether oxygens (including phenoxy) is 1. The summed E-state index contributed by atoms with van der Waals surface area (Å²) in [4.78, 5) is 11.9. The van der Waals surface area contributed by atoms with Crippen LogP contribution in [0.1, 0.15) is 41.0 Å². The second-order valence-corrected chi connectivity index (χ2v) is 9.53. The van der Waals surface area contributed by atoms with Crippen LogP contribution in [0.5, 0.6) is 0 Å². The third-order valence-corrected chi connectivity index (χ3v) is 6.23. The molecule has 0 bridgehead atoms. The van der Waals surface area contributed by atoms with Crippen molar-refractivity contribution in [3.63, 3.8) is 0 Å². The maximum absolute atomic E-state index is 12.6. The zero-order chi connectivity index (χ0) is 17.8. The molecule has 23 heavy (non-hydrogen) atoms. The Morgan fingerprint density at radius 1 is 1.35 bits per heavy atom. The Labute approximate surface area is 146 Å². The summed E-state index contributed by atoms with van der Waals surface area (Å²) in [5.74, 6) is 0.0133. The lowest BCUT2D eigenvalue weighted by atomic mass is 10.0. The van der Waals surface area contributed by atoms with Crippen molar-refractivity contribution in [2.75, 3.05) is 11.1 Å². The number of benzene rings is 1. The van der Waals surface area contributed by atoms with Gasteiger partial charge in [-0.25, -0.2) is 13.2 Å². The van der Waals surface area contributed by atoms with Crippen molar-refractivity contribution >= 4 is 37.5 Å². The highest BCUT2D eigenvalue weighted by Gasteiger charge is 2.26. The number of anilines is 1. The van der Waals surface area contributed by atoms with Crippen LogP contribution in [0.4, 0.5) is 10.5 Å². The van der Waals surface area contributed by atoms with Crippen LogP contribution in [0.25, 0.3) is 0 Å². The molecule has 0 radical (unpaired) electrons. The highest BCUT2D eigenvalue weighted by molar-refractivity contribution is 9.10. The third-order valence-electron chi connectivity index (χ3n) is 3.02. The summed E-state index contributed by atoms with van der Waals surface area (Å²) >= 11 is 3.27. The van der Waals surface area contributed by atoms with Crippen molar-refractivity contribution in [3.8, 4) is 0 Å². The Morgan fingerprint density at radius 3 is 2.48 bits per heavy atom. The van der Waals surface area contributed by atoms with Crippen LogP contribution in [-0.4, -0.2) is 26.4 Å². The smallest absolute Gasteiger partial charge is 0.411 e. The molecule has 7 heteroatoms. The molecule has 0 saturated carbocycles. The fraction of sp³-hybridized carbons (Fsp3) is 0.562. The number of hydrogen-bond donors (Lipinski definition) is 1. The molecule has 1 aromatic rings. The van der Waals surface area contributed by atoms with Crippen molar-refractivity contribution in [1.29, 1.82) is 0 Å². The average molecular weight is 406 g/mol. The van der Waals surface area contributed by atoms with Gasteiger partial charge in [-0.3, -0.25) is 5.32 Å². The van der Waals surface area contributed by atoms with Gasteiger partial charge in [-0.1, -0.05) is 27.7 Å². The summed E-state index contributed by atoms with van der Waals surface area (Å²) in [6, 6.07) is 4.68. The molecule has 1 atom stereocenters. The van der Waals surface area contributed by atoms with E-state index in [4.69, 9.17) is 4.74 Å². The van der Waals surface area contributed by atoms with E-state index in [1.54, 1.807) is 19.1 Å². The monoisotopic (exact) mass is 405 g/mol. The van der Waals surface area contributed by atoms with Crippen molar-refractivity contribution in [3.05, 3.63) is 22.7 Å². The van der Waals surface area contributed by atoms with Gasteiger partial charge in [0.05, 0.1) is 10.6 Å². The first-order valence-electron chi connectivity index (χ1n) is 7.44. The Bertz CT molecular complexity index is 665. The highest BCUT2D eigenvalue weighted by Crippen LogP contribution is 2.30. The summed E-state index contributed by atoms with van der Waals surface area (Å²) in [6.45, 7) is 9.30. The summed E-state index contributed by atoms with van der Waals surface area (Å²) < 4.78 is 30.7. The first-order valence-corrected chi connectivity index (χ1v) is 9.89. The fourth-order valence-electron chi connectivity index (χ4n) is 1.88. The van der Waals surface area contributed by atoms with Crippen molar-refractivity contribution in [2.24, 2.45) is 5.41 Å². The van der Waals surface area contributed by atoms with Gasteiger partial charge in [0, 0.05) is 10.2 Å². The summed E-state index contributed by atoms with van der Waals surface area (Å²) in [5, 5.41) is 2.56. The quantitative estimate of drug-likeness (QED) is 0.775. The number of amides is 1. The van der Waals surface area contributed by atoms with E-state index < -0.39 is 15.9 Å². The van der Waals surface area contributed by atoms with Gasteiger partial charge in [-0.05, 0) is 52.9 Å². The summed E-state index contributed by atoms with van der Waals surface area (Å²) in [7, 11) is -3.47. The first-order chi connectivity index (χ1) is 10.4. The number of carbonyl (C=O) groups excluding carboxylic acids is 1. The normalized spacial score (nSPS) is 13.5. The number of nitrogens with one attached hydrogen (secondary N) is 1. The molecular formula is C16H24BrNO4S. The minimum atomic E-state index is -3.47. The van der Waals surface area contributed by atoms with Crippen molar-refractivity contribution < 1.29 is 17.9 Å². The number of sulfone groups is 1. The number of hydrogen-bond acceptors (Lipinski definition) is 4. The zero-order valence-corrected chi connectivity index (χ0v) is 16.5. The lowest BCUT2D eigenvalue weighted by Crippen LogP contribution is -2.22. The van der Waals surface area contributed by atoms with Crippen LogP contribution in [0, 0.1) is 5.41 Å². The van der Waals surface area contributed by atoms with E-state index in [0.717, 1.165) is 0 Å². The van der Waals surface area contributed by atoms with Gasteiger partial charge < -0.3 is 4.74 Å². The molecule has 0 saturated heterocycles. The largest absolute Gasteiger partial charge is 0.446 e. The maximum Gasteiger partial charge on any atom is 0.411 e. The molecule has 0 spiro atoms. The summed E-state index contributed by atoms with van der Waals surface area (Å²) in [6.07, 6.45) is -0.0886. The number of rotatable bonds is 5. The van der Waals surface area contributed by atoms with Crippen LogP contribution < -0.4 is 5.32 Å². The van der Waals surface area contributed by atoms with Gasteiger partial charge in [0.1, 0.15) is 6.10 Å². The van der Waals surface area contributed by atoms with E-state index >= 15 is 0 Å². The Balaban J connectivity index is 3.02. The fourth-order valence-corrected chi connectivity index (χ4v) is 4.83. The maximum atomic E-state index is 12.6. The van der Waals surface area contributed by atoms with Crippen LogP contribution >= 0.6 is 15.9 Å². The molecule has 1 aromatic carbocycles. The Hall–Kier alpha value is -1.08. The molecular weight excluding hydrogens is 382 g/mol. The SMILES string of the molecule is CCC(C)OC(=O)Nc1ccc(Br)c(S(=O)(=O)CC(C)(C)C)c1. The molecule has 1 rings (SSSR count). The second-order valence-electron chi connectivity index (χ2n) is 6.71. The van der Waals surface area contributed by atoms with Crippen molar-refractivity contribution in [2.45, 2.75) is 52.0 Å². The van der Waals surface area contributed by atoms with E-state index in [0.29, 0.717) is 16.6 Å². The van der Waals surface area contributed by atoms with E-state index in [9.17, 15) is 13.2 Å². The second kappa shape index (κ2) is 7.66. The predicted molar refractivity (Wildman–Crippen MR) is 95.5 cm³/mol. The van der Waals surface area contributed by atoms with Crippen LogP contribution in [0.3, 0.4) is 0 Å². The zero-order valence-electron chi connectivity index (χ0n) is 14.1. The van der Waals surface area contributed by atoms with E-state index in [1.807, 2.05) is 27.7 Å². The number of carbonyl (C=O) groups is 1. The van der Waals surface area contributed by atoms with Crippen molar-refractivity contribution in [1.82, 2.24) is 0 Å². The average Bonchev–Trinajstić information content (AvgIpc) is 2.37. The molecule has 130 valence electrons. The topological polar surface area (TPSA) is 72.5 Å². The molecule has 0 aliphatic rings. The Morgan fingerprint density at radius 2 is 1.96 bits per heavy atom. The van der Waals surface area contributed by atoms with Gasteiger partial charge in [0.25, 0.3) is 0 Å². The summed E-state index contributed by atoms with van der Waals surface area (Å²) in [5.41, 5.74) is 0.0194. The lowest BCUT2D eigenvalue weighted by Gasteiger charge is -2.19. The molecule has 5 nitrogen and oxygen atoms in total. The van der Waals surface area contributed by atoms with Gasteiger partial charge in [-0.15, -0.1) is 0 Å². The van der Waals surface area contributed by atoms with E-state index in [-0.39, 0.29) is 22.2 Å². The minimum Gasteiger partial charge on any atom is -0.446 e. The minimum absolute atomic E-state index is 0.0133. The van der Waals surface area contributed by atoms with E-state index in [2.05, 4.69) is 21.2 Å².